The maximum atomic E-state index is 5.36. The summed E-state index contributed by atoms with van der Waals surface area (Å²) in [5.41, 5.74) is -2.11. The van der Waals surface area contributed by atoms with Crippen LogP contribution in [0.3, 0.4) is 0 Å². The molecule has 0 saturated heterocycles. The predicted molar refractivity (Wildman–Crippen MR) is 57.0 cm³/mol. The summed E-state index contributed by atoms with van der Waals surface area (Å²) in [4.78, 5) is 0. The van der Waals surface area contributed by atoms with Crippen molar-refractivity contribution < 1.29 is 13.8 Å². The summed E-state index contributed by atoms with van der Waals surface area (Å²) < 4.78 is 15.6. The molecule has 0 heterocycles. The Balaban J connectivity index is 3.90. The first-order chi connectivity index (χ1) is 5.68. The molecule has 0 aromatic rings. The van der Waals surface area contributed by atoms with E-state index in [4.69, 9.17) is 25.6 Å². The van der Waals surface area contributed by atoms with Crippen molar-refractivity contribution >= 4 is 28.9 Å². The summed E-state index contributed by atoms with van der Waals surface area (Å²) >= 11 is 6.65. The first-order valence-electron chi connectivity index (χ1n) is 3.71. The largest absolute Gasteiger partial charge is 0.374 e. The fourth-order valence-corrected chi connectivity index (χ4v) is 4.44. The summed E-state index contributed by atoms with van der Waals surface area (Å²) in [6.07, 6.45) is 0. The molecule has 74 valence electrons. The quantitative estimate of drug-likeness (QED) is 0.495. The van der Waals surface area contributed by atoms with E-state index in [9.17, 15) is 0 Å². The lowest BCUT2D eigenvalue weighted by atomic mass is 10.9. The van der Waals surface area contributed by atoms with Crippen molar-refractivity contribution in [3.8, 4) is 0 Å². The summed E-state index contributed by atoms with van der Waals surface area (Å²) in [6.45, 7) is 5.00. The van der Waals surface area contributed by atoms with Crippen LogP contribution in [-0.2, 0) is 25.6 Å². The van der Waals surface area contributed by atoms with Gasteiger partial charge in [-0.25, -0.2) is 0 Å². The van der Waals surface area contributed by atoms with Gasteiger partial charge in [-0.05, 0) is 37.0 Å². The van der Waals surface area contributed by atoms with Crippen LogP contribution in [0.25, 0.3) is 0 Å². The molecule has 6 heteroatoms. The van der Waals surface area contributed by atoms with E-state index in [1.807, 2.05) is 13.8 Å². The van der Waals surface area contributed by atoms with Crippen molar-refractivity contribution in [2.45, 2.75) is 13.8 Å². The Hall–Kier alpha value is 0.880. The van der Waals surface area contributed by atoms with E-state index in [0.29, 0.717) is 19.2 Å². The van der Waals surface area contributed by atoms with E-state index in [0.717, 1.165) is 0 Å². The molecule has 0 aliphatic carbocycles. The molecule has 0 fully saturated rings. The smallest absolute Gasteiger partial charge is 0.249 e. The molecule has 0 rings (SSSR count). The predicted octanol–water partition coefficient (Wildman–Crippen LogP) is 2.62. The molecule has 0 spiro atoms. The fraction of sp³-hybridized carbons (Fsp3) is 1.00. The average molecular weight is 230 g/mol. The first-order valence-corrected chi connectivity index (χ1v) is 7.94. The minimum atomic E-state index is -2.11. The fourth-order valence-electron chi connectivity index (χ4n) is 0.545. The highest BCUT2D eigenvalue weighted by atomic mass is 32.9. The Labute approximate surface area is 83.1 Å². The monoisotopic (exact) mass is 230 g/mol. The summed E-state index contributed by atoms with van der Waals surface area (Å²) in [5.74, 6) is 0.525. The minimum absolute atomic E-state index is 0.525. The van der Waals surface area contributed by atoms with Crippen molar-refractivity contribution in [1.82, 2.24) is 0 Å². The molecule has 0 aliphatic rings. The SMILES string of the molecule is CCOP(=S)(OCC)SCOC. The maximum absolute atomic E-state index is 5.36. The number of hydrogen-bond donors (Lipinski definition) is 0. The van der Waals surface area contributed by atoms with Gasteiger partial charge in [0.15, 0.2) is 0 Å². The Morgan fingerprint density at radius 2 is 1.75 bits per heavy atom. The molecular formula is C6H15O3PS2. The second-order valence-electron chi connectivity index (χ2n) is 1.82. The molecule has 0 atom stereocenters. The van der Waals surface area contributed by atoms with Crippen LogP contribution in [0.5, 0.6) is 0 Å². The van der Waals surface area contributed by atoms with Gasteiger partial charge in [-0.3, -0.25) is 0 Å². The Kier molecular flexibility index (Phi) is 7.83. The highest BCUT2D eigenvalue weighted by Crippen LogP contribution is 2.60. The van der Waals surface area contributed by atoms with E-state index in [1.165, 1.54) is 11.4 Å². The molecule has 0 aliphatic heterocycles. The zero-order valence-electron chi connectivity index (χ0n) is 7.61. The first kappa shape index (κ1) is 12.9. The third-order valence-electron chi connectivity index (χ3n) is 0.903. The number of methoxy groups -OCH3 is 1. The Morgan fingerprint density at radius 1 is 1.25 bits per heavy atom. The van der Waals surface area contributed by atoms with Gasteiger partial charge in [0.05, 0.1) is 13.2 Å². The second-order valence-corrected chi connectivity index (χ2v) is 8.08. The number of rotatable bonds is 7. The van der Waals surface area contributed by atoms with Crippen LogP contribution in [0.2, 0.25) is 0 Å². The van der Waals surface area contributed by atoms with Crippen molar-refractivity contribution in [3.05, 3.63) is 0 Å². The van der Waals surface area contributed by atoms with Crippen molar-refractivity contribution in [2.75, 3.05) is 26.3 Å². The van der Waals surface area contributed by atoms with Gasteiger partial charge in [0.2, 0.25) is 5.69 Å². The lowest BCUT2D eigenvalue weighted by Crippen LogP contribution is -1.93. The molecule has 0 bridgehead atoms. The van der Waals surface area contributed by atoms with E-state index in [-0.39, 0.29) is 0 Å². The van der Waals surface area contributed by atoms with Crippen molar-refractivity contribution in [1.29, 1.82) is 0 Å². The molecule has 0 N–H and O–H groups in total. The van der Waals surface area contributed by atoms with Gasteiger partial charge in [-0.2, -0.15) is 0 Å². The molecule has 0 saturated carbocycles. The second kappa shape index (κ2) is 7.30. The highest BCUT2D eigenvalue weighted by Gasteiger charge is 2.17. The molecule has 12 heavy (non-hydrogen) atoms. The topological polar surface area (TPSA) is 27.7 Å². The average Bonchev–Trinajstić information content (AvgIpc) is 2.02. The molecule has 0 amide bonds. The molecule has 0 unspecified atom stereocenters. The third kappa shape index (κ3) is 5.51. The zero-order valence-corrected chi connectivity index (χ0v) is 10.1. The van der Waals surface area contributed by atoms with Gasteiger partial charge in [-0.1, -0.05) is 0 Å². The van der Waals surface area contributed by atoms with Crippen LogP contribution in [0, 0.1) is 0 Å². The van der Waals surface area contributed by atoms with E-state index in [1.54, 1.807) is 7.11 Å². The van der Waals surface area contributed by atoms with Crippen LogP contribution in [0.15, 0.2) is 0 Å². The van der Waals surface area contributed by atoms with E-state index >= 15 is 0 Å². The molecule has 3 nitrogen and oxygen atoms in total. The molecule has 0 aromatic carbocycles. The van der Waals surface area contributed by atoms with Crippen LogP contribution >= 0.6 is 17.1 Å². The van der Waals surface area contributed by atoms with Gasteiger partial charge in [0.25, 0.3) is 0 Å². The summed E-state index contributed by atoms with van der Waals surface area (Å²) in [7, 11) is 1.63. The summed E-state index contributed by atoms with van der Waals surface area (Å²) in [5, 5.41) is 0. The van der Waals surface area contributed by atoms with Gasteiger partial charge >= 0.3 is 0 Å². The van der Waals surface area contributed by atoms with Crippen molar-refractivity contribution in [2.24, 2.45) is 0 Å². The Morgan fingerprint density at radius 3 is 2.08 bits per heavy atom. The molecule has 0 aromatic heterocycles. The lowest BCUT2D eigenvalue weighted by molar-refractivity contribution is 0.256. The van der Waals surface area contributed by atoms with Gasteiger partial charge in [0, 0.05) is 7.11 Å². The van der Waals surface area contributed by atoms with Gasteiger partial charge in [0.1, 0.15) is 5.94 Å². The number of ether oxygens (including phenoxy) is 1. The lowest BCUT2D eigenvalue weighted by Gasteiger charge is -2.19. The third-order valence-corrected chi connectivity index (χ3v) is 6.19. The van der Waals surface area contributed by atoms with Crippen LogP contribution in [-0.4, -0.2) is 26.3 Å². The van der Waals surface area contributed by atoms with Gasteiger partial charge in [-0.15, -0.1) is 0 Å². The van der Waals surface area contributed by atoms with Crippen LogP contribution in [0.1, 0.15) is 13.8 Å². The van der Waals surface area contributed by atoms with Crippen molar-refractivity contribution in [3.63, 3.8) is 0 Å². The molecule has 0 radical (unpaired) electrons. The Bertz CT molecular complexity index is 144. The van der Waals surface area contributed by atoms with E-state index in [2.05, 4.69) is 0 Å². The highest BCUT2D eigenvalue weighted by molar-refractivity contribution is 8.67. The molecular weight excluding hydrogens is 215 g/mol. The van der Waals surface area contributed by atoms with Gasteiger partial charge < -0.3 is 13.8 Å². The minimum Gasteiger partial charge on any atom is -0.374 e. The zero-order chi connectivity index (χ0) is 9.45. The van der Waals surface area contributed by atoms with Crippen LogP contribution < -0.4 is 0 Å². The maximum Gasteiger partial charge on any atom is 0.249 e. The van der Waals surface area contributed by atoms with E-state index < -0.39 is 5.69 Å². The normalized spacial score (nSPS) is 11.9. The summed E-state index contributed by atoms with van der Waals surface area (Å²) in [6, 6.07) is 0. The van der Waals surface area contributed by atoms with Crippen LogP contribution in [0.4, 0.5) is 0 Å². The number of hydrogen-bond acceptors (Lipinski definition) is 5. The standard InChI is InChI=1S/C6H15O3PS2/c1-4-8-10(11,9-5-2)12-6-7-3/h4-6H2,1-3H3.